The van der Waals surface area contributed by atoms with Crippen LogP contribution in [0, 0.1) is 5.92 Å². The molecule has 2 N–H and O–H groups in total. The average Bonchev–Trinajstić information content (AvgIpc) is 2.72. The van der Waals surface area contributed by atoms with Crippen LogP contribution < -0.4 is 10.9 Å². The Morgan fingerprint density at radius 3 is 2.55 bits per heavy atom. The van der Waals surface area contributed by atoms with Crippen molar-refractivity contribution in [2.24, 2.45) is 5.92 Å². The Kier molecular flexibility index (Phi) is 6.07. The van der Waals surface area contributed by atoms with Gasteiger partial charge in [0, 0.05) is 11.6 Å². The lowest BCUT2D eigenvalue weighted by Gasteiger charge is -2.20. The van der Waals surface area contributed by atoms with Crippen molar-refractivity contribution in [1.29, 1.82) is 0 Å². The van der Waals surface area contributed by atoms with Crippen LogP contribution in [0.1, 0.15) is 20.3 Å². The molecule has 0 bridgehead atoms. The average molecular weight is 393 g/mol. The van der Waals surface area contributed by atoms with Crippen molar-refractivity contribution in [2.45, 2.75) is 32.9 Å². The quantitative estimate of drug-likeness (QED) is 0.643. The summed E-state index contributed by atoms with van der Waals surface area (Å²) in [6, 6.07) is 15.6. The zero-order valence-corrected chi connectivity index (χ0v) is 16.3. The van der Waals surface area contributed by atoms with Gasteiger partial charge in [-0.15, -0.1) is 0 Å². The van der Waals surface area contributed by atoms with Crippen molar-refractivity contribution in [3.8, 4) is 11.3 Å². The van der Waals surface area contributed by atoms with Crippen LogP contribution in [0.25, 0.3) is 22.0 Å². The summed E-state index contributed by atoms with van der Waals surface area (Å²) in [5.41, 5.74) is 0.978. The predicted octanol–water partition coefficient (Wildman–Crippen LogP) is 2.68. The second kappa shape index (κ2) is 8.68. The van der Waals surface area contributed by atoms with Crippen LogP contribution in [0.15, 0.2) is 59.4 Å². The van der Waals surface area contributed by atoms with Crippen molar-refractivity contribution >= 4 is 22.6 Å². The van der Waals surface area contributed by atoms with Gasteiger partial charge in [-0.2, -0.15) is 5.10 Å². The molecule has 1 heterocycles. The molecule has 0 aliphatic rings. The normalized spacial score (nSPS) is 13.0. The maximum atomic E-state index is 12.4. The van der Waals surface area contributed by atoms with E-state index >= 15 is 0 Å². The number of hydrogen-bond donors (Lipinski definition) is 2. The zero-order valence-electron chi connectivity index (χ0n) is 16.3. The third-order valence-electron chi connectivity index (χ3n) is 5.02. The monoisotopic (exact) mass is 393 g/mol. The van der Waals surface area contributed by atoms with Crippen LogP contribution in [0.4, 0.5) is 0 Å². The van der Waals surface area contributed by atoms with Crippen LogP contribution in [-0.4, -0.2) is 32.8 Å². The maximum absolute atomic E-state index is 12.4. The first-order chi connectivity index (χ1) is 13.9. The molecule has 0 radical (unpaired) electrons. The number of nitrogens with one attached hydrogen (secondary N) is 1. The predicted molar refractivity (Wildman–Crippen MR) is 110 cm³/mol. The Labute approximate surface area is 168 Å². The molecule has 0 saturated heterocycles. The number of carboxylic acid groups (broad SMARTS) is 1. The molecule has 0 unspecified atom stereocenters. The number of carbonyl (C=O) groups is 2. The van der Waals surface area contributed by atoms with E-state index in [9.17, 15) is 19.5 Å². The molecule has 1 amide bonds. The lowest BCUT2D eigenvalue weighted by Crippen LogP contribution is -2.47. The Hall–Kier alpha value is -3.48. The fourth-order valence-electron chi connectivity index (χ4n) is 3.19. The lowest BCUT2D eigenvalue weighted by molar-refractivity contribution is -0.143. The molecule has 0 spiro atoms. The number of nitrogens with zero attached hydrogens (tertiary/aromatic N) is 2. The highest BCUT2D eigenvalue weighted by Crippen LogP contribution is 2.26. The first-order valence-electron chi connectivity index (χ1n) is 9.49. The molecule has 7 nitrogen and oxygen atoms in total. The summed E-state index contributed by atoms with van der Waals surface area (Å²) in [6.07, 6.45) is 0.603. The Balaban J connectivity index is 1.89. The SMILES string of the molecule is CC[C@H](C)[C@H](NC(=O)Cn1nc(-c2cccc3ccccc23)ccc1=O)C(=O)O. The number of benzene rings is 2. The number of aliphatic carboxylic acids is 1. The minimum atomic E-state index is -1.10. The molecule has 0 fully saturated rings. The number of hydrogen-bond acceptors (Lipinski definition) is 4. The molecular weight excluding hydrogens is 370 g/mol. The Bertz CT molecular complexity index is 1100. The van der Waals surface area contributed by atoms with Gasteiger partial charge in [-0.05, 0) is 22.8 Å². The fraction of sp³-hybridized carbons (Fsp3) is 0.273. The highest BCUT2D eigenvalue weighted by Gasteiger charge is 2.25. The van der Waals surface area contributed by atoms with Gasteiger partial charge >= 0.3 is 5.97 Å². The van der Waals surface area contributed by atoms with Crippen LogP contribution in [0.3, 0.4) is 0 Å². The molecule has 1 aromatic heterocycles. The zero-order chi connectivity index (χ0) is 21.0. The van der Waals surface area contributed by atoms with Crippen molar-refractivity contribution in [3.05, 3.63) is 65.0 Å². The van der Waals surface area contributed by atoms with E-state index < -0.39 is 23.5 Å². The summed E-state index contributed by atoms with van der Waals surface area (Å²) in [4.78, 5) is 36.0. The van der Waals surface area contributed by atoms with Gasteiger partial charge in [-0.25, -0.2) is 9.48 Å². The topological polar surface area (TPSA) is 101 Å². The largest absolute Gasteiger partial charge is 0.480 e. The summed E-state index contributed by atoms with van der Waals surface area (Å²) < 4.78 is 1.06. The molecule has 29 heavy (non-hydrogen) atoms. The van der Waals surface area contributed by atoms with Gasteiger partial charge in [0.15, 0.2) is 0 Å². The van der Waals surface area contributed by atoms with Crippen LogP contribution in [-0.2, 0) is 16.1 Å². The van der Waals surface area contributed by atoms with Crippen molar-refractivity contribution < 1.29 is 14.7 Å². The lowest BCUT2D eigenvalue weighted by atomic mass is 9.99. The summed E-state index contributed by atoms with van der Waals surface area (Å²) in [5, 5.41) is 18.2. The molecular formula is C22H23N3O4. The van der Waals surface area contributed by atoms with Gasteiger partial charge in [-0.3, -0.25) is 9.59 Å². The molecule has 2 atom stereocenters. The number of fused-ring (bicyclic) bond motifs is 1. The molecule has 2 aromatic carbocycles. The Morgan fingerprint density at radius 1 is 1.10 bits per heavy atom. The molecule has 0 saturated carbocycles. The molecule has 0 aliphatic heterocycles. The van der Waals surface area contributed by atoms with Gasteiger partial charge in [0.2, 0.25) is 5.91 Å². The highest BCUT2D eigenvalue weighted by atomic mass is 16.4. The van der Waals surface area contributed by atoms with Crippen molar-refractivity contribution in [1.82, 2.24) is 15.1 Å². The Morgan fingerprint density at radius 2 is 1.83 bits per heavy atom. The van der Waals surface area contributed by atoms with E-state index in [-0.39, 0.29) is 12.5 Å². The van der Waals surface area contributed by atoms with Gasteiger partial charge in [0.1, 0.15) is 12.6 Å². The number of carboxylic acids is 1. The molecule has 0 aliphatic carbocycles. The van der Waals surface area contributed by atoms with E-state index in [0.717, 1.165) is 21.0 Å². The van der Waals surface area contributed by atoms with Crippen LogP contribution in [0.2, 0.25) is 0 Å². The van der Waals surface area contributed by atoms with E-state index in [1.807, 2.05) is 49.4 Å². The fourth-order valence-corrected chi connectivity index (χ4v) is 3.19. The molecule has 150 valence electrons. The van der Waals surface area contributed by atoms with Crippen molar-refractivity contribution in [2.75, 3.05) is 0 Å². The highest BCUT2D eigenvalue weighted by molar-refractivity contribution is 5.95. The maximum Gasteiger partial charge on any atom is 0.326 e. The number of aromatic nitrogens is 2. The van der Waals surface area contributed by atoms with Gasteiger partial charge in [0.05, 0.1) is 5.69 Å². The summed E-state index contributed by atoms with van der Waals surface area (Å²) in [7, 11) is 0. The standard InChI is InChI=1S/C22H23N3O4/c1-3-14(2)21(22(28)29)23-19(26)13-25-20(27)12-11-18(24-25)17-10-6-8-15-7-4-5-9-16(15)17/h4-12,14,21H,3,13H2,1-2H3,(H,23,26)(H,28,29)/t14-,21-/m0/s1. The summed E-state index contributed by atoms with van der Waals surface area (Å²) in [6.45, 7) is 3.26. The van der Waals surface area contributed by atoms with E-state index in [4.69, 9.17) is 0 Å². The van der Waals surface area contributed by atoms with Crippen LogP contribution >= 0.6 is 0 Å². The second-order valence-electron chi connectivity index (χ2n) is 7.01. The second-order valence-corrected chi connectivity index (χ2v) is 7.01. The van der Waals surface area contributed by atoms with E-state index in [1.54, 1.807) is 13.0 Å². The number of rotatable bonds is 7. The van der Waals surface area contributed by atoms with E-state index in [0.29, 0.717) is 12.1 Å². The summed E-state index contributed by atoms with van der Waals surface area (Å²) in [5.74, 6) is -1.90. The first kappa shape index (κ1) is 20.3. The third kappa shape index (κ3) is 4.51. The molecule has 3 rings (SSSR count). The van der Waals surface area contributed by atoms with Gasteiger partial charge in [0.25, 0.3) is 5.56 Å². The smallest absolute Gasteiger partial charge is 0.326 e. The van der Waals surface area contributed by atoms with Crippen molar-refractivity contribution in [3.63, 3.8) is 0 Å². The minimum absolute atomic E-state index is 0.233. The minimum Gasteiger partial charge on any atom is -0.480 e. The summed E-state index contributed by atoms with van der Waals surface area (Å²) >= 11 is 0. The third-order valence-corrected chi connectivity index (χ3v) is 5.02. The molecule has 7 heteroatoms. The van der Waals surface area contributed by atoms with Gasteiger partial charge in [-0.1, -0.05) is 62.7 Å². The van der Waals surface area contributed by atoms with E-state index in [2.05, 4.69) is 10.4 Å². The van der Waals surface area contributed by atoms with Gasteiger partial charge < -0.3 is 10.4 Å². The number of amides is 1. The number of carbonyl (C=O) groups excluding carboxylic acids is 1. The first-order valence-corrected chi connectivity index (χ1v) is 9.49. The molecule has 3 aromatic rings. The van der Waals surface area contributed by atoms with Crippen LogP contribution in [0.5, 0.6) is 0 Å². The van der Waals surface area contributed by atoms with E-state index in [1.165, 1.54) is 6.07 Å².